The van der Waals surface area contributed by atoms with Gasteiger partial charge in [0.25, 0.3) is 5.91 Å². The van der Waals surface area contributed by atoms with Gasteiger partial charge in [0.1, 0.15) is 23.3 Å². The van der Waals surface area contributed by atoms with Crippen LogP contribution >= 0.6 is 0 Å². The number of benzene rings is 3. The summed E-state index contributed by atoms with van der Waals surface area (Å²) in [5, 5.41) is 0. The molecule has 2 aliphatic heterocycles. The predicted molar refractivity (Wildman–Crippen MR) is 143 cm³/mol. The average molecular weight is 520 g/mol. The van der Waals surface area contributed by atoms with E-state index in [-0.39, 0.29) is 11.7 Å². The van der Waals surface area contributed by atoms with Gasteiger partial charge in [-0.3, -0.25) is 9.69 Å². The van der Waals surface area contributed by atoms with Crippen LogP contribution in [0, 0.1) is 24.4 Å². The summed E-state index contributed by atoms with van der Waals surface area (Å²) in [5.74, 6) is -0.317. The van der Waals surface area contributed by atoms with Crippen LogP contribution in [-0.2, 0) is 10.3 Å². The number of piperidine rings is 1. The highest BCUT2D eigenvalue weighted by Crippen LogP contribution is 2.40. The summed E-state index contributed by atoms with van der Waals surface area (Å²) < 4.78 is 41.4. The Morgan fingerprint density at radius 2 is 1.53 bits per heavy atom. The first-order valence-corrected chi connectivity index (χ1v) is 13.2. The normalized spacial score (nSPS) is 20.7. The standard InChI is InChI=1S/C31H32F3N3O/c1-21-19-28(34)11-12-29(21)23-13-17-36(18-14-23)15-4-16-37-22(2)35-31(30(37)38,24-7-9-26(32)10-8-24)25-5-3-6-27(33)20-25/h3,5-12,19-20,23H,4,13-18H2,1-2H3. The van der Waals surface area contributed by atoms with Gasteiger partial charge in [-0.25, -0.2) is 18.2 Å². The van der Waals surface area contributed by atoms with Gasteiger partial charge < -0.3 is 4.90 Å². The Labute approximate surface area is 221 Å². The van der Waals surface area contributed by atoms with E-state index in [2.05, 4.69) is 4.90 Å². The molecule has 3 aromatic rings. The molecule has 4 nitrogen and oxygen atoms in total. The van der Waals surface area contributed by atoms with Crippen LogP contribution in [0.2, 0.25) is 0 Å². The lowest BCUT2D eigenvalue weighted by Crippen LogP contribution is -2.43. The van der Waals surface area contributed by atoms with E-state index in [1.165, 1.54) is 29.8 Å². The molecule has 1 amide bonds. The summed E-state index contributed by atoms with van der Waals surface area (Å²) in [4.78, 5) is 22.8. The second-order valence-corrected chi connectivity index (χ2v) is 10.3. The van der Waals surface area contributed by atoms with Crippen LogP contribution in [-0.4, -0.2) is 47.7 Å². The van der Waals surface area contributed by atoms with Gasteiger partial charge in [-0.1, -0.05) is 30.3 Å². The van der Waals surface area contributed by atoms with Gasteiger partial charge in [0.15, 0.2) is 5.54 Å². The minimum atomic E-state index is -1.44. The van der Waals surface area contributed by atoms with E-state index in [1.807, 2.05) is 13.0 Å². The highest BCUT2D eigenvalue weighted by atomic mass is 19.1. The molecule has 0 N–H and O–H groups in total. The average Bonchev–Trinajstić information content (AvgIpc) is 3.15. The Morgan fingerprint density at radius 3 is 2.21 bits per heavy atom. The van der Waals surface area contributed by atoms with Crippen LogP contribution in [0.15, 0.2) is 71.7 Å². The van der Waals surface area contributed by atoms with Crippen molar-refractivity contribution >= 4 is 11.7 Å². The monoisotopic (exact) mass is 519 g/mol. The number of amides is 1. The molecule has 198 valence electrons. The Balaban J connectivity index is 1.25. The first-order chi connectivity index (χ1) is 18.3. The molecule has 38 heavy (non-hydrogen) atoms. The predicted octanol–water partition coefficient (Wildman–Crippen LogP) is 6.19. The van der Waals surface area contributed by atoms with Crippen molar-refractivity contribution in [2.75, 3.05) is 26.2 Å². The maximum atomic E-state index is 14.2. The fourth-order valence-electron chi connectivity index (χ4n) is 5.92. The van der Waals surface area contributed by atoms with E-state index in [9.17, 15) is 18.0 Å². The number of carbonyl (C=O) groups excluding carboxylic acids is 1. The molecule has 2 aliphatic rings. The fourth-order valence-corrected chi connectivity index (χ4v) is 5.92. The van der Waals surface area contributed by atoms with E-state index in [4.69, 9.17) is 4.99 Å². The maximum Gasteiger partial charge on any atom is 0.265 e. The molecular formula is C31H32F3N3O. The molecule has 0 saturated carbocycles. The molecule has 0 spiro atoms. The highest BCUT2D eigenvalue weighted by Gasteiger charge is 2.50. The number of aryl methyl sites for hydroxylation is 1. The van der Waals surface area contributed by atoms with Crippen LogP contribution in [0.4, 0.5) is 13.2 Å². The number of rotatable bonds is 7. The lowest BCUT2D eigenvalue weighted by atomic mass is 9.82. The number of halogens is 3. The topological polar surface area (TPSA) is 35.9 Å². The number of hydrogen-bond acceptors (Lipinski definition) is 3. The van der Waals surface area contributed by atoms with Crippen LogP contribution in [0.1, 0.15) is 54.4 Å². The zero-order valence-corrected chi connectivity index (χ0v) is 21.8. The van der Waals surface area contributed by atoms with Gasteiger partial charge in [-0.2, -0.15) is 0 Å². The summed E-state index contributed by atoms with van der Waals surface area (Å²) in [6, 6.07) is 16.7. The van der Waals surface area contributed by atoms with Gasteiger partial charge in [0.05, 0.1) is 0 Å². The molecular weight excluding hydrogens is 487 g/mol. The molecule has 3 aromatic carbocycles. The van der Waals surface area contributed by atoms with Gasteiger partial charge in [-0.15, -0.1) is 0 Å². The van der Waals surface area contributed by atoms with E-state index in [0.29, 0.717) is 29.4 Å². The molecule has 0 bridgehead atoms. The van der Waals surface area contributed by atoms with E-state index in [0.717, 1.165) is 44.5 Å². The minimum absolute atomic E-state index is 0.195. The Bertz CT molecular complexity index is 1350. The van der Waals surface area contributed by atoms with Gasteiger partial charge in [0, 0.05) is 6.54 Å². The molecule has 0 aliphatic carbocycles. The van der Waals surface area contributed by atoms with Crippen LogP contribution < -0.4 is 0 Å². The Kier molecular flexibility index (Phi) is 7.39. The van der Waals surface area contributed by atoms with Crippen molar-refractivity contribution in [2.24, 2.45) is 4.99 Å². The van der Waals surface area contributed by atoms with Crippen molar-refractivity contribution in [3.63, 3.8) is 0 Å². The lowest BCUT2D eigenvalue weighted by Gasteiger charge is -2.33. The number of hydrogen-bond donors (Lipinski definition) is 0. The molecule has 2 heterocycles. The van der Waals surface area contributed by atoms with E-state index in [1.54, 1.807) is 48.2 Å². The minimum Gasteiger partial charge on any atom is -0.303 e. The summed E-state index contributed by atoms with van der Waals surface area (Å²) in [6.07, 6.45) is 2.80. The fraction of sp³-hybridized carbons (Fsp3) is 0.355. The van der Waals surface area contributed by atoms with Crippen molar-refractivity contribution in [1.82, 2.24) is 9.80 Å². The number of carbonyl (C=O) groups is 1. The number of aliphatic imine (C=N–C) groups is 1. The third-order valence-electron chi connectivity index (χ3n) is 7.89. The first kappa shape index (κ1) is 26.2. The van der Waals surface area contributed by atoms with Gasteiger partial charge in [-0.05, 0) is 117 Å². The molecule has 0 aromatic heterocycles. The maximum absolute atomic E-state index is 14.2. The van der Waals surface area contributed by atoms with Crippen LogP contribution in [0.25, 0.3) is 0 Å². The second kappa shape index (κ2) is 10.7. The van der Waals surface area contributed by atoms with Crippen LogP contribution in [0.3, 0.4) is 0 Å². The third-order valence-corrected chi connectivity index (χ3v) is 7.89. The van der Waals surface area contributed by atoms with Gasteiger partial charge >= 0.3 is 0 Å². The number of amidine groups is 1. The Morgan fingerprint density at radius 1 is 0.842 bits per heavy atom. The number of likely N-dealkylation sites (tertiary alicyclic amines) is 1. The molecule has 1 unspecified atom stereocenters. The van der Waals surface area contributed by atoms with Crippen molar-refractivity contribution in [1.29, 1.82) is 0 Å². The van der Waals surface area contributed by atoms with Crippen molar-refractivity contribution in [3.05, 3.63) is 106 Å². The molecule has 1 atom stereocenters. The van der Waals surface area contributed by atoms with E-state index >= 15 is 0 Å². The largest absolute Gasteiger partial charge is 0.303 e. The summed E-state index contributed by atoms with van der Waals surface area (Å²) in [5.41, 5.74) is 1.73. The summed E-state index contributed by atoms with van der Waals surface area (Å²) in [6.45, 7) is 6.99. The molecule has 1 fully saturated rings. The lowest BCUT2D eigenvalue weighted by molar-refractivity contribution is -0.130. The zero-order valence-electron chi connectivity index (χ0n) is 21.8. The quantitative estimate of drug-likeness (QED) is 0.373. The summed E-state index contributed by atoms with van der Waals surface area (Å²) >= 11 is 0. The second-order valence-electron chi connectivity index (χ2n) is 10.3. The molecule has 5 rings (SSSR count). The highest BCUT2D eigenvalue weighted by molar-refractivity contribution is 6.09. The Hall–Kier alpha value is -3.45. The zero-order chi connectivity index (χ0) is 26.9. The van der Waals surface area contributed by atoms with Gasteiger partial charge in [0.2, 0.25) is 0 Å². The van der Waals surface area contributed by atoms with Crippen LogP contribution in [0.5, 0.6) is 0 Å². The molecule has 0 radical (unpaired) electrons. The summed E-state index contributed by atoms with van der Waals surface area (Å²) in [7, 11) is 0. The van der Waals surface area contributed by atoms with Crippen molar-refractivity contribution in [3.8, 4) is 0 Å². The van der Waals surface area contributed by atoms with Crippen molar-refractivity contribution < 1.29 is 18.0 Å². The SMILES string of the molecule is CC1=NC(c2ccc(F)cc2)(c2cccc(F)c2)C(=O)N1CCCN1CCC(c2ccc(F)cc2C)CC1. The molecule has 1 saturated heterocycles. The van der Waals surface area contributed by atoms with Crippen molar-refractivity contribution in [2.45, 2.75) is 44.6 Å². The third kappa shape index (κ3) is 4.99. The first-order valence-electron chi connectivity index (χ1n) is 13.2. The van der Waals surface area contributed by atoms with E-state index < -0.39 is 17.2 Å². The molecule has 7 heteroatoms. The number of nitrogens with zero attached hydrogens (tertiary/aromatic N) is 3. The smallest absolute Gasteiger partial charge is 0.265 e.